The van der Waals surface area contributed by atoms with Gasteiger partial charge in [-0.3, -0.25) is 0 Å². The van der Waals surface area contributed by atoms with Crippen LogP contribution in [0, 0.1) is 0 Å². The van der Waals surface area contributed by atoms with Crippen LogP contribution in [0.2, 0.25) is 0 Å². The molecule has 9 rings (SSSR count). The Labute approximate surface area is 305 Å². The first kappa shape index (κ1) is 31.1. The number of anilines is 6. The smallest absolute Gasteiger partial charge is 0.0546 e. The average molecular weight is 665 g/mol. The minimum absolute atomic E-state index is 1.09. The zero-order valence-corrected chi connectivity index (χ0v) is 28.7. The van der Waals surface area contributed by atoms with Gasteiger partial charge in [0.1, 0.15) is 0 Å². The number of fused-ring (bicyclic) bond motifs is 2. The fraction of sp³-hybridized carbons (Fsp3) is 0. The number of rotatable bonds is 8. The van der Waals surface area contributed by atoms with Crippen LogP contribution in [0.5, 0.6) is 0 Å². The fourth-order valence-electron chi connectivity index (χ4n) is 7.33. The van der Waals surface area contributed by atoms with Crippen molar-refractivity contribution in [2.24, 2.45) is 0 Å². The zero-order valence-electron chi connectivity index (χ0n) is 28.7. The molecule has 0 N–H and O–H groups in total. The van der Waals surface area contributed by atoms with E-state index in [4.69, 9.17) is 0 Å². The molecule has 0 spiro atoms. The molecule has 0 aliphatic heterocycles. The van der Waals surface area contributed by atoms with Crippen molar-refractivity contribution in [1.82, 2.24) is 0 Å². The lowest BCUT2D eigenvalue weighted by Crippen LogP contribution is -2.11. The monoisotopic (exact) mass is 664 g/mol. The van der Waals surface area contributed by atoms with E-state index < -0.39 is 0 Å². The van der Waals surface area contributed by atoms with Crippen molar-refractivity contribution in [3.05, 3.63) is 218 Å². The first-order valence-electron chi connectivity index (χ1n) is 17.8. The highest BCUT2D eigenvalue weighted by Gasteiger charge is 2.20. The van der Waals surface area contributed by atoms with E-state index in [9.17, 15) is 0 Å². The molecule has 0 saturated heterocycles. The van der Waals surface area contributed by atoms with Gasteiger partial charge in [-0.1, -0.05) is 146 Å². The van der Waals surface area contributed by atoms with Crippen molar-refractivity contribution in [2.75, 3.05) is 9.80 Å². The second-order valence-corrected chi connectivity index (χ2v) is 13.0. The molecule has 0 aromatic heterocycles. The molecule has 0 atom stereocenters. The van der Waals surface area contributed by atoms with Crippen LogP contribution >= 0.6 is 0 Å². The van der Waals surface area contributed by atoms with Gasteiger partial charge in [0.2, 0.25) is 0 Å². The normalized spacial score (nSPS) is 11.1. The lowest BCUT2D eigenvalue weighted by Gasteiger charge is -2.29. The molecular formula is C50H36N2. The topological polar surface area (TPSA) is 6.48 Å². The molecule has 9 aromatic rings. The maximum atomic E-state index is 2.37. The van der Waals surface area contributed by atoms with Crippen LogP contribution in [-0.2, 0) is 0 Å². The van der Waals surface area contributed by atoms with E-state index in [1.165, 1.54) is 38.2 Å². The zero-order chi connectivity index (χ0) is 34.7. The van der Waals surface area contributed by atoms with Gasteiger partial charge in [0, 0.05) is 34.0 Å². The highest BCUT2D eigenvalue weighted by Crippen LogP contribution is 2.45. The summed E-state index contributed by atoms with van der Waals surface area (Å²) in [5.74, 6) is 0. The van der Waals surface area contributed by atoms with Crippen molar-refractivity contribution >= 4 is 55.7 Å². The molecule has 246 valence electrons. The van der Waals surface area contributed by atoms with Gasteiger partial charge in [-0.05, 0) is 111 Å². The number of hydrogen-bond acceptors (Lipinski definition) is 2. The molecule has 0 saturated carbocycles. The summed E-state index contributed by atoms with van der Waals surface area (Å²) < 4.78 is 0. The molecule has 0 bridgehead atoms. The lowest BCUT2D eigenvalue weighted by atomic mass is 9.94. The van der Waals surface area contributed by atoms with Crippen molar-refractivity contribution in [2.45, 2.75) is 0 Å². The lowest BCUT2D eigenvalue weighted by molar-refractivity contribution is 1.28. The average Bonchev–Trinajstić information content (AvgIpc) is 3.22. The van der Waals surface area contributed by atoms with E-state index in [0.717, 1.165) is 39.7 Å². The van der Waals surface area contributed by atoms with Crippen LogP contribution in [0.25, 0.3) is 43.8 Å². The second kappa shape index (κ2) is 13.8. The highest BCUT2D eigenvalue weighted by atomic mass is 15.1. The summed E-state index contributed by atoms with van der Waals surface area (Å²) in [4.78, 5) is 4.71. The molecule has 9 aromatic carbocycles. The summed E-state index contributed by atoms with van der Waals surface area (Å²) >= 11 is 0. The predicted octanol–water partition coefficient (Wildman–Crippen LogP) is 14.3. The van der Waals surface area contributed by atoms with E-state index in [1.807, 2.05) is 0 Å². The second-order valence-electron chi connectivity index (χ2n) is 13.0. The Morgan fingerprint density at radius 2 is 0.731 bits per heavy atom. The van der Waals surface area contributed by atoms with Crippen molar-refractivity contribution < 1.29 is 0 Å². The molecule has 0 heterocycles. The Morgan fingerprint density at radius 3 is 1.40 bits per heavy atom. The Bertz CT molecular complexity index is 2570. The van der Waals surface area contributed by atoms with Crippen molar-refractivity contribution in [3.8, 4) is 22.3 Å². The Morgan fingerprint density at radius 1 is 0.250 bits per heavy atom. The molecule has 0 fully saturated rings. The Kier molecular flexibility index (Phi) is 8.24. The Balaban J connectivity index is 1.17. The third-order valence-electron chi connectivity index (χ3n) is 9.79. The van der Waals surface area contributed by atoms with Gasteiger partial charge in [0.15, 0.2) is 0 Å². The van der Waals surface area contributed by atoms with Gasteiger partial charge in [0.05, 0.1) is 5.69 Å². The van der Waals surface area contributed by atoms with Gasteiger partial charge >= 0.3 is 0 Å². The predicted molar refractivity (Wildman–Crippen MR) is 222 cm³/mol. The molecule has 0 amide bonds. The maximum Gasteiger partial charge on any atom is 0.0546 e. The van der Waals surface area contributed by atoms with Crippen molar-refractivity contribution in [3.63, 3.8) is 0 Å². The largest absolute Gasteiger partial charge is 0.310 e. The Hall–Kier alpha value is -6.90. The van der Waals surface area contributed by atoms with Crippen LogP contribution in [-0.4, -0.2) is 0 Å². The minimum Gasteiger partial charge on any atom is -0.310 e. The van der Waals surface area contributed by atoms with E-state index in [-0.39, 0.29) is 0 Å². The number of nitrogens with zero attached hydrogens (tertiary/aromatic N) is 2. The van der Waals surface area contributed by atoms with Gasteiger partial charge in [-0.25, -0.2) is 0 Å². The summed E-state index contributed by atoms with van der Waals surface area (Å²) in [6.07, 6.45) is 0. The number of para-hydroxylation sites is 3. The molecule has 0 aliphatic rings. The molecule has 2 heteroatoms. The maximum absolute atomic E-state index is 2.37. The third-order valence-corrected chi connectivity index (χ3v) is 9.79. The van der Waals surface area contributed by atoms with Crippen LogP contribution in [0.1, 0.15) is 0 Å². The van der Waals surface area contributed by atoms with Crippen LogP contribution in [0.15, 0.2) is 218 Å². The van der Waals surface area contributed by atoms with E-state index in [1.54, 1.807) is 0 Å². The summed E-state index contributed by atoms with van der Waals surface area (Å²) in [6.45, 7) is 0. The molecule has 0 radical (unpaired) electrons. The summed E-state index contributed by atoms with van der Waals surface area (Å²) in [6, 6.07) is 78.3. The van der Waals surface area contributed by atoms with Gasteiger partial charge in [0.25, 0.3) is 0 Å². The first-order chi connectivity index (χ1) is 25.8. The molecular weight excluding hydrogens is 629 g/mol. The molecule has 52 heavy (non-hydrogen) atoms. The van der Waals surface area contributed by atoms with Crippen LogP contribution in [0.3, 0.4) is 0 Å². The third kappa shape index (κ3) is 5.97. The molecule has 0 aliphatic carbocycles. The minimum atomic E-state index is 1.09. The van der Waals surface area contributed by atoms with Crippen molar-refractivity contribution in [1.29, 1.82) is 0 Å². The van der Waals surface area contributed by atoms with E-state index in [2.05, 4.69) is 228 Å². The summed E-state index contributed by atoms with van der Waals surface area (Å²) in [5.41, 5.74) is 11.4. The SMILES string of the molecule is c1ccc(N(c2ccc(-c3c(N(c4ccccc4)c4ccccc4)ccc4ccccc34)cc2)c2cccc(-c3ccc4ccccc4c3)c2)cc1. The molecule has 0 unspecified atom stereocenters. The van der Waals surface area contributed by atoms with E-state index >= 15 is 0 Å². The van der Waals surface area contributed by atoms with E-state index in [0.29, 0.717) is 0 Å². The number of hydrogen-bond donors (Lipinski definition) is 0. The van der Waals surface area contributed by atoms with Gasteiger partial charge in [-0.2, -0.15) is 0 Å². The molecule has 2 nitrogen and oxygen atoms in total. The summed E-state index contributed by atoms with van der Waals surface area (Å²) in [7, 11) is 0. The standard InChI is InChI=1S/C50H36N2/c1-4-19-43(20-5-1)51(47-25-14-18-41(36-47)42-28-27-37-15-10-11-17-40(37)35-42)46-32-29-39(30-33-46)50-48-26-13-12-16-38(48)31-34-49(50)52(44-21-6-2-7-22-44)45-23-8-3-9-24-45/h1-36H. The fourth-order valence-corrected chi connectivity index (χ4v) is 7.33. The first-order valence-corrected chi connectivity index (χ1v) is 17.8. The van der Waals surface area contributed by atoms with Gasteiger partial charge in [-0.15, -0.1) is 0 Å². The highest BCUT2D eigenvalue weighted by molar-refractivity contribution is 6.05. The van der Waals surface area contributed by atoms with Gasteiger partial charge < -0.3 is 9.80 Å². The summed E-state index contributed by atoms with van der Waals surface area (Å²) in [5, 5.41) is 4.92. The van der Waals surface area contributed by atoms with Crippen LogP contribution < -0.4 is 9.80 Å². The quantitative estimate of drug-likeness (QED) is 0.159. The van der Waals surface area contributed by atoms with Crippen LogP contribution in [0.4, 0.5) is 34.1 Å². The number of benzene rings is 9.